The van der Waals surface area contributed by atoms with Crippen LogP contribution in [0.1, 0.15) is 278 Å². The van der Waals surface area contributed by atoms with E-state index >= 15 is 0 Å². The lowest BCUT2D eigenvalue weighted by molar-refractivity contribution is -0.167. The average molecular weight is 962 g/mol. The van der Waals surface area contributed by atoms with Gasteiger partial charge in [-0.25, -0.2) is 0 Å². The van der Waals surface area contributed by atoms with E-state index in [1.54, 1.807) is 0 Å². The van der Waals surface area contributed by atoms with Crippen molar-refractivity contribution in [3.8, 4) is 0 Å². The molecule has 0 amide bonds. The molecule has 0 spiro atoms. The normalized spacial score (nSPS) is 12.7. The maximum Gasteiger partial charge on any atom is 0.306 e. The Hall–Kier alpha value is -3.41. The fraction of sp³-hybridized carbons (Fsp3) is 0.730. The highest BCUT2D eigenvalue weighted by Gasteiger charge is 2.19. The van der Waals surface area contributed by atoms with Crippen LogP contribution < -0.4 is 0 Å². The Morgan fingerprint density at radius 1 is 0.304 bits per heavy atom. The van der Waals surface area contributed by atoms with Crippen molar-refractivity contribution in [3.63, 3.8) is 0 Å². The number of esters is 3. The van der Waals surface area contributed by atoms with E-state index in [-0.39, 0.29) is 37.5 Å². The average Bonchev–Trinajstić information content (AvgIpc) is 3.35. The van der Waals surface area contributed by atoms with Crippen LogP contribution in [0.3, 0.4) is 0 Å². The van der Waals surface area contributed by atoms with Gasteiger partial charge in [0.05, 0.1) is 0 Å². The molecule has 0 aromatic rings. The lowest BCUT2D eigenvalue weighted by Crippen LogP contribution is -2.30. The molecule has 0 radical (unpaired) electrons. The Morgan fingerprint density at radius 3 is 1.00 bits per heavy atom. The molecule has 0 saturated heterocycles. The molecule has 69 heavy (non-hydrogen) atoms. The van der Waals surface area contributed by atoms with Crippen molar-refractivity contribution in [2.45, 2.75) is 284 Å². The summed E-state index contributed by atoms with van der Waals surface area (Å²) in [7, 11) is 0. The molecule has 0 aliphatic carbocycles. The van der Waals surface area contributed by atoms with E-state index in [2.05, 4.69) is 106 Å². The molecule has 1 atom stereocenters. The zero-order chi connectivity index (χ0) is 50.0. The number of hydrogen-bond acceptors (Lipinski definition) is 6. The van der Waals surface area contributed by atoms with Crippen molar-refractivity contribution >= 4 is 17.9 Å². The Labute approximate surface area is 426 Å². The molecule has 396 valence electrons. The third kappa shape index (κ3) is 55.4. The summed E-state index contributed by atoms with van der Waals surface area (Å²) in [4.78, 5) is 38.2. The predicted octanol–water partition coefficient (Wildman–Crippen LogP) is 19.5. The van der Waals surface area contributed by atoms with Gasteiger partial charge in [0.2, 0.25) is 0 Å². The van der Waals surface area contributed by atoms with Crippen LogP contribution in [-0.4, -0.2) is 37.2 Å². The van der Waals surface area contributed by atoms with Crippen LogP contribution in [-0.2, 0) is 28.6 Å². The third-order valence-electron chi connectivity index (χ3n) is 12.4. The first-order valence-corrected chi connectivity index (χ1v) is 29.1. The molecule has 0 aromatic heterocycles. The number of carbonyl (C=O) groups is 3. The van der Waals surface area contributed by atoms with Crippen LogP contribution in [0.25, 0.3) is 0 Å². The minimum absolute atomic E-state index is 0.103. The topological polar surface area (TPSA) is 78.9 Å². The summed E-state index contributed by atoms with van der Waals surface area (Å²) >= 11 is 0. The largest absolute Gasteiger partial charge is 0.462 e. The molecule has 6 heteroatoms. The van der Waals surface area contributed by atoms with Gasteiger partial charge in [-0.2, -0.15) is 0 Å². The summed E-state index contributed by atoms with van der Waals surface area (Å²) in [5, 5.41) is 0. The summed E-state index contributed by atoms with van der Waals surface area (Å²) in [6.07, 6.45) is 74.3. The van der Waals surface area contributed by atoms with Gasteiger partial charge < -0.3 is 14.2 Å². The fourth-order valence-corrected chi connectivity index (χ4v) is 8.03. The van der Waals surface area contributed by atoms with E-state index in [1.165, 1.54) is 141 Å². The molecule has 6 nitrogen and oxygen atoms in total. The monoisotopic (exact) mass is 961 g/mol. The van der Waals surface area contributed by atoms with Gasteiger partial charge in [0.1, 0.15) is 13.2 Å². The lowest BCUT2D eigenvalue weighted by Gasteiger charge is -2.18. The Bertz CT molecular complexity index is 1330. The number of rotatable bonds is 52. The molecular formula is C63H108O6. The second-order valence-corrected chi connectivity index (χ2v) is 19.3. The van der Waals surface area contributed by atoms with Gasteiger partial charge in [0, 0.05) is 19.3 Å². The summed E-state index contributed by atoms with van der Waals surface area (Å²) in [6.45, 7) is 6.55. The first kappa shape index (κ1) is 65.6. The molecule has 0 heterocycles. The molecule has 0 saturated carbocycles. The van der Waals surface area contributed by atoms with Crippen molar-refractivity contribution in [1.29, 1.82) is 0 Å². The Kier molecular flexibility index (Phi) is 54.3. The van der Waals surface area contributed by atoms with E-state index in [9.17, 15) is 14.4 Å². The summed E-state index contributed by atoms with van der Waals surface area (Å²) in [6, 6.07) is 0. The highest BCUT2D eigenvalue weighted by Crippen LogP contribution is 2.15. The third-order valence-corrected chi connectivity index (χ3v) is 12.4. The molecule has 0 aromatic carbocycles. The molecular weight excluding hydrogens is 853 g/mol. The summed E-state index contributed by atoms with van der Waals surface area (Å²) in [5.74, 6) is -0.973. The standard InChI is InChI=1S/C63H108O6/c1-4-7-10-13-16-19-22-25-28-31-33-35-38-41-44-47-50-53-56-62(65)68-59-60(58-67-61(64)55-52-49-46-43-40-37-34-30-27-24-21-18-15-12-9-6-3)69-63(66)57-54-51-48-45-42-39-36-32-29-26-23-20-17-14-11-8-5-2/h17,20,22,25-26,28-29,31,33,35-36,39,45,48,60H,4-16,18-19,21,23-24,27,30,32,34,37-38,40-44,46-47,49-59H2,1-3H3/b20-17-,25-22-,29-26-,31-28-,35-33-,39-36-,48-45-. The highest BCUT2D eigenvalue weighted by molar-refractivity contribution is 5.71. The minimum atomic E-state index is -0.813. The molecule has 0 aliphatic heterocycles. The van der Waals surface area contributed by atoms with Gasteiger partial charge in [-0.15, -0.1) is 0 Å². The predicted molar refractivity (Wildman–Crippen MR) is 297 cm³/mol. The van der Waals surface area contributed by atoms with Crippen LogP contribution in [0.4, 0.5) is 0 Å². The number of carbonyl (C=O) groups excluding carboxylic acids is 3. The van der Waals surface area contributed by atoms with E-state index in [4.69, 9.17) is 14.2 Å². The maximum atomic E-state index is 12.8. The quantitative estimate of drug-likeness (QED) is 0.0199. The molecule has 1 unspecified atom stereocenters. The van der Waals surface area contributed by atoms with Crippen molar-refractivity contribution < 1.29 is 28.6 Å². The zero-order valence-electron chi connectivity index (χ0n) is 45.3. The second-order valence-electron chi connectivity index (χ2n) is 19.3. The zero-order valence-corrected chi connectivity index (χ0v) is 45.3. The first-order chi connectivity index (χ1) is 34.0. The highest BCUT2D eigenvalue weighted by atomic mass is 16.6. The van der Waals surface area contributed by atoms with Crippen LogP contribution in [0, 0.1) is 0 Å². The van der Waals surface area contributed by atoms with Gasteiger partial charge in [0.15, 0.2) is 6.10 Å². The SMILES string of the molecule is CCCCC/C=C\C/C=C\C/C=C\C/C=C\CCCC(=O)OC(COC(=O)CCCCCCC\C=C/C=C\C=C/CCCCCCC)COC(=O)CCCCCCCCCCCCCCCCCC. The van der Waals surface area contributed by atoms with Crippen molar-refractivity contribution in [3.05, 3.63) is 85.1 Å². The van der Waals surface area contributed by atoms with Crippen molar-refractivity contribution in [1.82, 2.24) is 0 Å². The molecule has 0 aliphatic rings. The lowest BCUT2D eigenvalue weighted by atomic mass is 10.0. The van der Waals surface area contributed by atoms with E-state index < -0.39 is 6.10 Å². The summed E-state index contributed by atoms with van der Waals surface area (Å²) in [5.41, 5.74) is 0. The molecule has 0 fully saturated rings. The van der Waals surface area contributed by atoms with Crippen molar-refractivity contribution in [2.75, 3.05) is 13.2 Å². The minimum Gasteiger partial charge on any atom is -0.462 e. The smallest absolute Gasteiger partial charge is 0.306 e. The number of ether oxygens (including phenoxy) is 3. The fourth-order valence-electron chi connectivity index (χ4n) is 8.03. The second kappa shape index (κ2) is 57.2. The van der Waals surface area contributed by atoms with E-state index in [1.807, 2.05) is 0 Å². The molecule has 0 bridgehead atoms. The first-order valence-electron chi connectivity index (χ1n) is 29.1. The van der Waals surface area contributed by atoms with Crippen LogP contribution in [0.5, 0.6) is 0 Å². The van der Waals surface area contributed by atoms with Gasteiger partial charge in [-0.1, -0.05) is 260 Å². The number of unbranched alkanes of at least 4 members (excludes halogenated alkanes) is 29. The van der Waals surface area contributed by atoms with Crippen LogP contribution >= 0.6 is 0 Å². The van der Waals surface area contributed by atoms with Crippen LogP contribution in [0.15, 0.2) is 85.1 Å². The number of allylic oxidation sites excluding steroid dienone is 14. The van der Waals surface area contributed by atoms with Crippen LogP contribution in [0.2, 0.25) is 0 Å². The van der Waals surface area contributed by atoms with Gasteiger partial charge in [-0.05, 0) is 83.5 Å². The summed E-state index contributed by atoms with van der Waals surface area (Å²) < 4.78 is 16.8. The maximum absolute atomic E-state index is 12.8. The van der Waals surface area contributed by atoms with Crippen molar-refractivity contribution in [2.24, 2.45) is 0 Å². The van der Waals surface area contributed by atoms with Gasteiger partial charge >= 0.3 is 17.9 Å². The Morgan fingerprint density at radius 2 is 0.594 bits per heavy atom. The number of hydrogen-bond donors (Lipinski definition) is 0. The molecule has 0 N–H and O–H groups in total. The van der Waals surface area contributed by atoms with Gasteiger partial charge in [-0.3, -0.25) is 14.4 Å². The van der Waals surface area contributed by atoms with Gasteiger partial charge in [0.25, 0.3) is 0 Å². The van der Waals surface area contributed by atoms with E-state index in [0.29, 0.717) is 19.3 Å². The molecule has 0 rings (SSSR count). The Balaban J connectivity index is 4.50. The van der Waals surface area contributed by atoms with E-state index in [0.717, 1.165) is 89.9 Å².